The molecule has 1 aliphatic rings. The average Bonchev–Trinajstić information content (AvgIpc) is 3.32. The zero-order valence-electron chi connectivity index (χ0n) is 14.0. The van der Waals surface area contributed by atoms with Crippen LogP contribution in [0.5, 0.6) is 0 Å². The van der Waals surface area contributed by atoms with Crippen LogP contribution in [-0.4, -0.2) is 34.1 Å². The van der Waals surface area contributed by atoms with Crippen LogP contribution < -0.4 is 0 Å². The molecule has 1 saturated heterocycles. The predicted molar refractivity (Wildman–Crippen MR) is 96.7 cm³/mol. The first-order valence-electron chi connectivity index (χ1n) is 8.42. The van der Waals surface area contributed by atoms with Crippen LogP contribution in [0.3, 0.4) is 0 Å². The summed E-state index contributed by atoms with van der Waals surface area (Å²) in [6.45, 7) is 3.44. The van der Waals surface area contributed by atoms with Gasteiger partial charge in [0.25, 0.3) is 5.91 Å². The lowest BCUT2D eigenvalue weighted by molar-refractivity contribution is 0.0706. The Hall–Kier alpha value is -2.47. The molecule has 4 rings (SSSR count). The number of hydrogen-bond donors (Lipinski definition) is 0. The van der Waals surface area contributed by atoms with Gasteiger partial charge in [0.15, 0.2) is 0 Å². The SMILES string of the molecule is Cc1cccc(C(=O)N2CCC(c3nnc(-c4ccsc4)o3)CC2)c1. The maximum Gasteiger partial charge on any atom is 0.253 e. The van der Waals surface area contributed by atoms with Crippen molar-refractivity contribution in [2.24, 2.45) is 0 Å². The molecule has 3 heterocycles. The van der Waals surface area contributed by atoms with Crippen molar-refractivity contribution < 1.29 is 9.21 Å². The fraction of sp³-hybridized carbons (Fsp3) is 0.316. The van der Waals surface area contributed by atoms with E-state index >= 15 is 0 Å². The lowest BCUT2D eigenvalue weighted by atomic mass is 9.96. The normalized spacial score (nSPS) is 15.5. The van der Waals surface area contributed by atoms with Crippen molar-refractivity contribution in [2.75, 3.05) is 13.1 Å². The maximum absolute atomic E-state index is 12.6. The summed E-state index contributed by atoms with van der Waals surface area (Å²) in [4.78, 5) is 14.5. The number of carbonyl (C=O) groups is 1. The molecular weight excluding hydrogens is 334 g/mol. The van der Waals surface area contributed by atoms with Crippen molar-refractivity contribution in [3.05, 3.63) is 58.1 Å². The molecule has 2 aromatic heterocycles. The summed E-state index contributed by atoms with van der Waals surface area (Å²) in [5, 5.41) is 12.4. The number of rotatable bonds is 3. The number of thiophene rings is 1. The molecule has 1 amide bonds. The Morgan fingerprint density at radius 3 is 2.80 bits per heavy atom. The van der Waals surface area contributed by atoms with Gasteiger partial charge in [0.05, 0.1) is 0 Å². The van der Waals surface area contributed by atoms with E-state index in [1.807, 2.05) is 52.9 Å². The average molecular weight is 353 g/mol. The fourth-order valence-corrected chi connectivity index (χ4v) is 3.82. The standard InChI is InChI=1S/C19H19N3O2S/c1-13-3-2-4-15(11-13)19(23)22-8-5-14(6-9-22)17-20-21-18(24-17)16-7-10-25-12-16/h2-4,7,10-12,14H,5-6,8-9H2,1H3. The number of carbonyl (C=O) groups excluding carboxylic acids is 1. The van der Waals surface area contributed by atoms with Crippen LogP contribution in [0.2, 0.25) is 0 Å². The highest BCUT2D eigenvalue weighted by Crippen LogP contribution is 2.30. The summed E-state index contributed by atoms with van der Waals surface area (Å²) in [5.74, 6) is 1.59. The summed E-state index contributed by atoms with van der Waals surface area (Å²) in [5.41, 5.74) is 2.83. The summed E-state index contributed by atoms with van der Waals surface area (Å²) in [6, 6.07) is 9.74. The first-order valence-corrected chi connectivity index (χ1v) is 9.37. The van der Waals surface area contributed by atoms with Crippen LogP contribution >= 0.6 is 11.3 Å². The third kappa shape index (κ3) is 3.35. The van der Waals surface area contributed by atoms with E-state index < -0.39 is 0 Å². The number of likely N-dealkylation sites (tertiary alicyclic amines) is 1. The quantitative estimate of drug-likeness (QED) is 0.710. The smallest absolute Gasteiger partial charge is 0.253 e. The zero-order chi connectivity index (χ0) is 17.2. The molecule has 0 radical (unpaired) electrons. The van der Waals surface area contributed by atoms with E-state index in [1.165, 1.54) is 0 Å². The molecule has 5 nitrogen and oxygen atoms in total. The van der Waals surface area contributed by atoms with E-state index in [-0.39, 0.29) is 11.8 Å². The first kappa shape index (κ1) is 16.0. The molecule has 1 aliphatic heterocycles. The number of aryl methyl sites for hydroxylation is 1. The highest BCUT2D eigenvalue weighted by Gasteiger charge is 2.28. The Morgan fingerprint density at radius 2 is 2.08 bits per heavy atom. The van der Waals surface area contributed by atoms with Crippen LogP contribution in [0.4, 0.5) is 0 Å². The minimum atomic E-state index is 0.103. The zero-order valence-corrected chi connectivity index (χ0v) is 14.8. The molecule has 0 unspecified atom stereocenters. The minimum Gasteiger partial charge on any atom is -0.420 e. The van der Waals surface area contributed by atoms with Crippen molar-refractivity contribution in [3.63, 3.8) is 0 Å². The van der Waals surface area contributed by atoms with Crippen LogP contribution in [0.15, 0.2) is 45.5 Å². The number of nitrogens with zero attached hydrogens (tertiary/aromatic N) is 3. The Bertz CT molecular complexity index is 864. The molecular formula is C19H19N3O2S. The second kappa shape index (κ2) is 6.80. The number of hydrogen-bond acceptors (Lipinski definition) is 5. The van der Waals surface area contributed by atoms with Crippen LogP contribution in [0, 0.1) is 6.92 Å². The Kier molecular flexibility index (Phi) is 4.36. The van der Waals surface area contributed by atoms with Crippen molar-refractivity contribution in [3.8, 4) is 11.5 Å². The van der Waals surface area contributed by atoms with Gasteiger partial charge in [0.1, 0.15) is 0 Å². The van der Waals surface area contributed by atoms with Gasteiger partial charge in [-0.1, -0.05) is 17.7 Å². The Balaban J connectivity index is 1.41. The Labute approximate surface area is 150 Å². The van der Waals surface area contributed by atoms with Gasteiger partial charge in [-0.3, -0.25) is 4.79 Å². The fourth-order valence-electron chi connectivity index (χ4n) is 3.19. The summed E-state index contributed by atoms with van der Waals surface area (Å²) in [7, 11) is 0. The third-order valence-corrected chi connectivity index (χ3v) is 5.29. The largest absolute Gasteiger partial charge is 0.420 e. The Morgan fingerprint density at radius 1 is 1.24 bits per heavy atom. The summed E-state index contributed by atoms with van der Waals surface area (Å²) < 4.78 is 5.84. The minimum absolute atomic E-state index is 0.103. The third-order valence-electron chi connectivity index (χ3n) is 4.61. The van der Waals surface area contributed by atoms with Crippen molar-refractivity contribution in [2.45, 2.75) is 25.7 Å². The van der Waals surface area contributed by atoms with Gasteiger partial charge in [0.2, 0.25) is 11.8 Å². The summed E-state index contributed by atoms with van der Waals surface area (Å²) >= 11 is 1.61. The molecule has 0 aliphatic carbocycles. The first-order chi connectivity index (χ1) is 12.2. The van der Waals surface area contributed by atoms with Gasteiger partial charge in [-0.25, -0.2) is 0 Å². The monoisotopic (exact) mass is 353 g/mol. The second-order valence-electron chi connectivity index (χ2n) is 6.39. The summed E-state index contributed by atoms with van der Waals surface area (Å²) in [6.07, 6.45) is 1.70. The van der Waals surface area contributed by atoms with E-state index in [0.717, 1.165) is 29.5 Å². The van der Waals surface area contributed by atoms with Crippen molar-refractivity contribution >= 4 is 17.2 Å². The number of benzene rings is 1. The van der Waals surface area contributed by atoms with Crippen LogP contribution in [-0.2, 0) is 0 Å². The second-order valence-corrected chi connectivity index (χ2v) is 7.17. The molecule has 0 bridgehead atoms. The van der Waals surface area contributed by atoms with E-state index in [4.69, 9.17) is 4.42 Å². The van der Waals surface area contributed by atoms with Gasteiger partial charge in [0, 0.05) is 35.5 Å². The van der Waals surface area contributed by atoms with Gasteiger partial charge >= 0.3 is 0 Å². The topological polar surface area (TPSA) is 59.2 Å². The van der Waals surface area contributed by atoms with Gasteiger partial charge in [-0.15, -0.1) is 10.2 Å². The predicted octanol–water partition coefficient (Wildman–Crippen LogP) is 4.13. The molecule has 3 aromatic rings. The molecule has 25 heavy (non-hydrogen) atoms. The van der Waals surface area contributed by atoms with Crippen molar-refractivity contribution in [1.29, 1.82) is 0 Å². The highest BCUT2D eigenvalue weighted by atomic mass is 32.1. The number of aromatic nitrogens is 2. The van der Waals surface area contributed by atoms with E-state index in [0.29, 0.717) is 24.9 Å². The maximum atomic E-state index is 12.6. The van der Waals surface area contributed by atoms with Crippen molar-refractivity contribution in [1.82, 2.24) is 15.1 Å². The lowest BCUT2D eigenvalue weighted by Gasteiger charge is -2.30. The number of amides is 1. The number of piperidine rings is 1. The molecule has 1 fully saturated rings. The molecule has 0 atom stereocenters. The molecule has 0 spiro atoms. The molecule has 1 aromatic carbocycles. The van der Waals surface area contributed by atoms with Gasteiger partial charge < -0.3 is 9.32 Å². The molecule has 0 N–H and O–H groups in total. The lowest BCUT2D eigenvalue weighted by Crippen LogP contribution is -2.38. The van der Waals surface area contributed by atoms with E-state index in [2.05, 4.69) is 10.2 Å². The van der Waals surface area contributed by atoms with E-state index in [9.17, 15) is 4.79 Å². The van der Waals surface area contributed by atoms with E-state index in [1.54, 1.807) is 11.3 Å². The highest BCUT2D eigenvalue weighted by molar-refractivity contribution is 7.08. The van der Waals surface area contributed by atoms with Gasteiger partial charge in [-0.2, -0.15) is 11.3 Å². The van der Waals surface area contributed by atoms with Crippen LogP contribution in [0.1, 0.15) is 40.6 Å². The van der Waals surface area contributed by atoms with Gasteiger partial charge in [-0.05, 0) is 43.3 Å². The molecule has 128 valence electrons. The molecule has 6 heteroatoms. The van der Waals surface area contributed by atoms with Crippen LogP contribution in [0.25, 0.3) is 11.5 Å². The molecule has 0 saturated carbocycles.